The van der Waals surface area contributed by atoms with Crippen molar-refractivity contribution in [1.82, 2.24) is 0 Å². The SMILES string of the molecule is CC/C=C\C/C=C\C/C=C\C/C=C\C/C=C\C/C=C\C/C=C\CCCCCCCCCC(=O)OCC(COC(=O)CCCCCCC/C=C\CCCCCC)OC(=O)CCCCCCC/C=C\C/C=C\CCCCC. The highest BCUT2D eigenvalue weighted by atomic mass is 16.6. The van der Waals surface area contributed by atoms with Gasteiger partial charge >= 0.3 is 17.9 Å². The summed E-state index contributed by atoms with van der Waals surface area (Å²) in [4.78, 5) is 38.2. The van der Waals surface area contributed by atoms with Crippen molar-refractivity contribution in [1.29, 1.82) is 0 Å². The van der Waals surface area contributed by atoms with Crippen LogP contribution in [-0.4, -0.2) is 37.2 Å². The van der Waals surface area contributed by atoms with Gasteiger partial charge in [0.2, 0.25) is 0 Å². The highest BCUT2D eigenvalue weighted by Gasteiger charge is 2.19. The first-order chi connectivity index (χ1) is 37.0. The van der Waals surface area contributed by atoms with Crippen LogP contribution in [0.3, 0.4) is 0 Å². The van der Waals surface area contributed by atoms with Gasteiger partial charge < -0.3 is 14.2 Å². The van der Waals surface area contributed by atoms with E-state index in [-0.39, 0.29) is 31.1 Å². The Bertz CT molecular complexity index is 1570. The molecule has 0 aliphatic rings. The third kappa shape index (κ3) is 60.6. The van der Waals surface area contributed by atoms with Crippen LogP contribution in [-0.2, 0) is 28.6 Å². The van der Waals surface area contributed by atoms with Crippen molar-refractivity contribution in [3.8, 4) is 0 Å². The number of carbonyl (C=O) groups is 3. The van der Waals surface area contributed by atoms with Gasteiger partial charge in [0.05, 0.1) is 0 Å². The molecule has 1 unspecified atom stereocenters. The van der Waals surface area contributed by atoms with Gasteiger partial charge in [-0.05, 0) is 135 Å². The summed E-state index contributed by atoms with van der Waals surface area (Å²) in [6, 6.07) is 0. The predicted molar refractivity (Wildman–Crippen MR) is 325 cm³/mol. The minimum atomic E-state index is -0.797. The van der Waals surface area contributed by atoms with Crippen molar-refractivity contribution in [3.63, 3.8) is 0 Å². The van der Waals surface area contributed by atoms with Crippen LogP contribution >= 0.6 is 0 Å². The molecule has 6 nitrogen and oxygen atoms in total. The predicted octanol–water partition coefficient (Wildman–Crippen LogP) is 21.2. The summed E-state index contributed by atoms with van der Waals surface area (Å²) in [6.07, 6.45) is 86.2. The lowest BCUT2D eigenvalue weighted by atomic mass is 10.1. The van der Waals surface area contributed by atoms with Crippen molar-refractivity contribution in [2.24, 2.45) is 0 Å². The van der Waals surface area contributed by atoms with E-state index in [2.05, 4.69) is 142 Å². The van der Waals surface area contributed by atoms with Gasteiger partial charge in [-0.3, -0.25) is 14.4 Å². The Morgan fingerprint density at radius 2 is 0.520 bits per heavy atom. The Hall–Kier alpha value is -4.19. The van der Waals surface area contributed by atoms with E-state index in [0.717, 1.165) is 141 Å². The van der Waals surface area contributed by atoms with E-state index in [1.165, 1.54) is 96.3 Å². The third-order valence-corrected chi connectivity index (χ3v) is 12.9. The molecule has 0 aliphatic carbocycles. The number of rotatable bonds is 55. The topological polar surface area (TPSA) is 78.9 Å². The number of ether oxygens (including phenoxy) is 3. The lowest BCUT2D eigenvalue weighted by Crippen LogP contribution is -2.30. The van der Waals surface area contributed by atoms with Gasteiger partial charge in [-0.25, -0.2) is 0 Å². The highest BCUT2D eigenvalue weighted by Crippen LogP contribution is 2.14. The molecule has 0 bridgehead atoms. The summed E-state index contributed by atoms with van der Waals surface area (Å²) >= 11 is 0. The molecule has 75 heavy (non-hydrogen) atoms. The molecule has 0 heterocycles. The zero-order valence-electron chi connectivity index (χ0n) is 48.8. The lowest BCUT2D eigenvalue weighted by molar-refractivity contribution is -0.167. The van der Waals surface area contributed by atoms with Gasteiger partial charge in [0.25, 0.3) is 0 Å². The van der Waals surface area contributed by atoms with E-state index in [1.807, 2.05) is 0 Å². The molecular weight excluding hydrogens is 925 g/mol. The number of hydrogen-bond acceptors (Lipinski definition) is 6. The standard InChI is InChI=1S/C69H114O6/c1-4-7-10-13-16-19-22-25-27-28-29-30-31-32-33-34-35-36-37-38-39-40-42-44-47-50-53-56-59-62-68(71)74-65-66(64-73-67(70)61-58-55-52-49-46-43-24-21-18-15-12-9-6-3)75-69(72)63-60-57-54-51-48-45-41-26-23-20-17-14-11-8-5-2/h7,10,16-17,19-21,24-27,29-30,32-33,35-36,38-39,41,66H,4-6,8-9,11-15,18,22-23,28,31,34,37,40,42-65H2,1-3H3/b10-7-,19-16-,20-17-,24-21-,27-25-,30-29-,33-32-,36-35-,39-38-,41-26-. The Morgan fingerprint density at radius 3 is 0.853 bits per heavy atom. The summed E-state index contributed by atoms with van der Waals surface area (Å²) in [5.74, 6) is -0.925. The molecule has 0 amide bonds. The summed E-state index contributed by atoms with van der Waals surface area (Å²) < 4.78 is 16.9. The smallest absolute Gasteiger partial charge is 0.306 e. The fourth-order valence-corrected chi connectivity index (χ4v) is 8.27. The lowest BCUT2D eigenvalue weighted by Gasteiger charge is -2.18. The molecular formula is C69H114O6. The van der Waals surface area contributed by atoms with Crippen LogP contribution in [0.1, 0.15) is 278 Å². The number of unbranched alkanes of at least 4 members (excludes halogenated alkanes) is 24. The molecule has 0 saturated carbocycles. The van der Waals surface area contributed by atoms with E-state index < -0.39 is 6.10 Å². The van der Waals surface area contributed by atoms with Crippen LogP contribution in [0, 0.1) is 0 Å². The second-order valence-electron chi connectivity index (χ2n) is 20.2. The van der Waals surface area contributed by atoms with E-state index in [9.17, 15) is 14.4 Å². The summed E-state index contributed by atoms with van der Waals surface area (Å²) in [7, 11) is 0. The second kappa shape index (κ2) is 62.4. The van der Waals surface area contributed by atoms with Crippen molar-refractivity contribution < 1.29 is 28.6 Å². The average Bonchev–Trinajstić information content (AvgIpc) is 3.41. The van der Waals surface area contributed by atoms with E-state index >= 15 is 0 Å². The van der Waals surface area contributed by atoms with Gasteiger partial charge in [0, 0.05) is 19.3 Å². The molecule has 0 rings (SSSR count). The van der Waals surface area contributed by atoms with Crippen LogP contribution in [0.5, 0.6) is 0 Å². The zero-order valence-corrected chi connectivity index (χ0v) is 48.8. The van der Waals surface area contributed by atoms with Gasteiger partial charge in [0.15, 0.2) is 6.10 Å². The third-order valence-electron chi connectivity index (χ3n) is 12.9. The first kappa shape index (κ1) is 70.8. The van der Waals surface area contributed by atoms with Crippen LogP contribution < -0.4 is 0 Å². The maximum absolute atomic E-state index is 12.9. The fourth-order valence-electron chi connectivity index (χ4n) is 8.27. The maximum Gasteiger partial charge on any atom is 0.306 e. The maximum atomic E-state index is 12.9. The summed E-state index contributed by atoms with van der Waals surface area (Å²) in [5.41, 5.74) is 0. The first-order valence-electron chi connectivity index (χ1n) is 31.0. The summed E-state index contributed by atoms with van der Waals surface area (Å²) in [5, 5.41) is 0. The van der Waals surface area contributed by atoms with Gasteiger partial charge in [-0.1, -0.05) is 245 Å². The van der Waals surface area contributed by atoms with Gasteiger partial charge in [-0.2, -0.15) is 0 Å². The fraction of sp³-hybridized carbons (Fsp3) is 0.667. The average molecular weight is 1040 g/mol. The quantitative estimate of drug-likeness (QED) is 0.0261. The van der Waals surface area contributed by atoms with Crippen LogP contribution in [0.25, 0.3) is 0 Å². The number of hydrogen-bond donors (Lipinski definition) is 0. The molecule has 0 spiro atoms. The number of allylic oxidation sites excluding steroid dienone is 20. The van der Waals surface area contributed by atoms with Crippen molar-refractivity contribution in [3.05, 3.63) is 122 Å². The normalized spacial score (nSPS) is 12.9. The molecule has 0 aromatic heterocycles. The largest absolute Gasteiger partial charge is 0.462 e. The zero-order chi connectivity index (χ0) is 54.3. The van der Waals surface area contributed by atoms with Crippen LogP contribution in [0.2, 0.25) is 0 Å². The van der Waals surface area contributed by atoms with E-state index in [4.69, 9.17) is 14.2 Å². The van der Waals surface area contributed by atoms with E-state index in [1.54, 1.807) is 0 Å². The second-order valence-corrected chi connectivity index (χ2v) is 20.2. The molecule has 6 heteroatoms. The van der Waals surface area contributed by atoms with E-state index in [0.29, 0.717) is 19.3 Å². The number of esters is 3. The molecule has 426 valence electrons. The monoisotopic (exact) mass is 1040 g/mol. The Balaban J connectivity index is 4.34. The van der Waals surface area contributed by atoms with Gasteiger partial charge in [0.1, 0.15) is 13.2 Å². The molecule has 0 fully saturated rings. The Labute approximate surface area is 462 Å². The van der Waals surface area contributed by atoms with Crippen LogP contribution in [0.4, 0.5) is 0 Å². The molecule has 0 saturated heterocycles. The van der Waals surface area contributed by atoms with Crippen molar-refractivity contribution in [2.45, 2.75) is 284 Å². The molecule has 0 radical (unpaired) electrons. The molecule has 1 atom stereocenters. The minimum absolute atomic E-state index is 0.0932. The molecule has 0 N–H and O–H groups in total. The molecule has 0 aromatic rings. The minimum Gasteiger partial charge on any atom is -0.462 e. The molecule has 0 aromatic carbocycles. The summed E-state index contributed by atoms with van der Waals surface area (Å²) in [6.45, 7) is 6.46. The number of carbonyl (C=O) groups excluding carboxylic acids is 3. The Kier molecular flexibility index (Phi) is 58.9. The first-order valence-corrected chi connectivity index (χ1v) is 31.0. The van der Waals surface area contributed by atoms with Gasteiger partial charge in [-0.15, -0.1) is 0 Å². The van der Waals surface area contributed by atoms with Crippen molar-refractivity contribution >= 4 is 17.9 Å². The van der Waals surface area contributed by atoms with Crippen molar-refractivity contribution in [2.75, 3.05) is 13.2 Å². The molecule has 0 aliphatic heterocycles. The van der Waals surface area contributed by atoms with Crippen LogP contribution in [0.15, 0.2) is 122 Å². The highest BCUT2D eigenvalue weighted by molar-refractivity contribution is 5.71. The Morgan fingerprint density at radius 1 is 0.280 bits per heavy atom.